The number of halogens is 2. The number of hydrogen-bond acceptors (Lipinski definition) is 3. The molecular weight excluding hydrogens is 279 g/mol. The van der Waals surface area contributed by atoms with Gasteiger partial charge in [0.1, 0.15) is 6.04 Å². The Morgan fingerprint density at radius 2 is 2.11 bits per heavy atom. The second-order valence-corrected chi connectivity index (χ2v) is 4.86. The summed E-state index contributed by atoms with van der Waals surface area (Å²) in [6.45, 7) is 0. The minimum atomic E-state index is -0.876. The highest BCUT2D eigenvalue weighted by Crippen LogP contribution is 2.34. The summed E-state index contributed by atoms with van der Waals surface area (Å²) in [5.41, 5.74) is 0.485. The molecule has 0 aliphatic carbocycles. The van der Waals surface area contributed by atoms with Gasteiger partial charge in [0.05, 0.1) is 10.0 Å². The Kier molecular flexibility index (Phi) is 3.73. The molecule has 96 valence electrons. The van der Waals surface area contributed by atoms with Crippen LogP contribution in [0.25, 0.3) is 0 Å². The maximum atomic E-state index is 11.4. The zero-order valence-corrected chi connectivity index (χ0v) is 10.7. The lowest BCUT2D eigenvalue weighted by Gasteiger charge is -2.27. The first kappa shape index (κ1) is 13.1. The van der Waals surface area contributed by atoms with Crippen molar-refractivity contribution >= 4 is 29.1 Å². The number of nitro groups is 1. The molecule has 0 unspecified atom stereocenters. The van der Waals surface area contributed by atoms with E-state index >= 15 is 0 Å². The summed E-state index contributed by atoms with van der Waals surface area (Å²) < 4.78 is 0. The number of carbonyl (C=O) groups excluding carboxylic acids is 1. The van der Waals surface area contributed by atoms with Gasteiger partial charge in [-0.15, -0.1) is 0 Å². The monoisotopic (exact) mass is 288 g/mol. The van der Waals surface area contributed by atoms with Crippen LogP contribution in [-0.2, 0) is 4.79 Å². The average Bonchev–Trinajstić information content (AvgIpc) is 2.32. The fraction of sp³-hybridized carbons (Fsp3) is 0.364. The zero-order valence-electron chi connectivity index (χ0n) is 9.23. The van der Waals surface area contributed by atoms with Crippen LogP contribution < -0.4 is 5.32 Å². The predicted molar refractivity (Wildman–Crippen MR) is 67.4 cm³/mol. The predicted octanol–water partition coefficient (Wildman–Crippen LogP) is 2.59. The van der Waals surface area contributed by atoms with Gasteiger partial charge in [0, 0.05) is 23.3 Å². The van der Waals surface area contributed by atoms with Crippen molar-refractivity contribution in [3.8, 4) is 0 Å². The Balaban J connectivity index is 2.41. The number of rotatable bonds is 2. The van der Waals surface area contributed by atoms with Crippen LogP contribution in [0.1, 0.15) is 24.4 Å². The van der Waals surface area contributed by atoms with Gasteiger partial charge in [-0.3, -0.25) is 14.9 Å². The molecule has 1 N–H and O–H groups in total. The third-order valence-electron chi connectivity index (χ3n) is 2.96. The standard InChI is InChI=1S/C11H10Cl2N2O3/c12-7-3-1-2-6(10(7)13)11-8(15(17)18)4-5-9(16)14-11/h1-3,8,11H,4-5H2,(H,14,16)/t8-,11-/m1/s1. The Morgan fingerprint density at radius 1 is 1.39 bits per heavy atom. The van der Waals surface area contributed by atoms with Crippen molar-refractivity contribution < 1.29 is 9.72 Å². The maximum Gasteiger partial charge on any atom is 0.237 e. The van der Waals surface area contributed by atoms with Crippen LogP contribution >= 0.6 is 23.2 Å². The Hall–Kier alpha value is -1.33. The van der Waals surface area contributed by atoms with Crippen molar-refractivity contribution in [1.82, 2.24) is 5.32 Å². The van der Waals surface area contributed by atoms with Crippen LogP contribution in [0.2, 0.25) is 10.0 Å². The van der Waals surface area contributed by atoms with Crippen LogP contribution in [0.5, 0.6) is 0 Å². The summed E-state index contributed by atoms with van der Waals surface area (Å²) in [4.78, 5) is 22.0. The summed E-state index contributed by atoms with van der Waals surface area (Å²) in [5.74, 6) is -0.214. The normalized spacial score (nSPS) is 23.6. The zero-order chi connectivity index (χ0) is 13.3. The molecule has 18 heavy (non-hydrogen) atoms. The summed E-state index contributed by atoms with van der Waals surface area (Å²) in [6, 6.07) is 3.28. The summed E-state index contributed by atoms with van der Waals surface area (Å²) in [6.07, 6.45) is 0.354. The van der Waals surface area contributed by atoms with Crippen molar-refractivity contribution in [2.24, 2.45) is 0 Å². The van der Waals surface area contributed by atoms with Crippen LogP contribution in [0, 0.1) is 10.1 Å². The highest BCUT2D eigenvalue weighted by atomic mass is 35.5. The molecule has 1 saturated heterocycles. The number of carbonyl (C=O) groups is 1. The van der Waals surface area contributed by atoms with Gasteiger partial charge in [-0.25, -0.2) is 0 Å². The van der Waals surface area contributed by atoms with Crippen molar-refractivity contribution in [2.45, 2.75) is 24.9 Å². The molecule has 1 aliphatic rings. The van der Waals surface area contributed by atoms with Gasteiger partial charge in [-0.2, -0.15) is 0 Å². The molecule has 0 aromatic heterocycles. The summed E-state index contributed by atoms with van der Waals surface area (Å²) >= 11 is 11.9. The molecule has 0 saturated carbocycles. The molecule has 1 aromatic rings. The van der Waals surface area contributed by atoms with Crippen molar-refractivity contribution in [2.75, 3.05) is 0 Å². The second-order valence-electron chi connectivity index (χ2n) is 4.08. The number of nitrogens with one attached hydrogen (secondary N) is 1. The fourth-order valence-electron chi connectivity index (χ4n) is 2.06. The van der Waals surface area contributed by atoms with Crippen LogP contribution in [0.4, 0.5) is 0 Å². The van der Waals surface area contributed by atoms with E-state index in [0.29, 0.717) is 10.6 Å². The quantitative estimate of drug-likeness (QED) is 0.671. The smallest absolute Gasteiger partial charge is 0.237 e. The van der Waals surface area contributed by atoms with E-state index < -0.39 is 12.1 Å². The first-order chi connectivity index (χ1) is 8.50. The second kappa shape index (κ2) is 5.12. The molecule has 0 spiro atoms. The van der Waals surface area contributed by atoms with Crippen LogP contribution in [0.15, 0.2) is 18.2 Å². The van der Waals surface area contributed by atoms with E-state index in [1.807, 2.05) is 0 Å². The first-order valence-corrected chi connectivity index (χ1v) is 6.13. The third-order valence-corrected chi connectivity index (χ3v) is 3.79. The van der Waals surface area contributed by atoms with E-state index in [1.54, 1.807) is 18.2 Å². The minimum Gasteiger partial charge on any atom is -0.343 e. The molecule has 0 radical (unpaired) electrons. The molecule has 1 aromatic carbocycles. The first-order valence-electron chi connectivity index (χ1n) is 5.37. The van der Waals surface area contributed by atoms with E-state index in [0.717, 1.165) is 0 Å². The van der Waals surface area contributed by atoms with E-state index in [1.165, 1.54) is 0 Å². The van der Waals surface area contributed by atoms with Crippen molar-refractivity contribution in [3.05, 3.63) is 43.9 Å². The maximum absolute atomic E-state index is 11.4. The molecule has 1 aliphatic heterocycles. The Bertz CT molecular complexity index is 507. The average molecular weight is 289 g/mol. The molecule has 7 heteroatoms. The molecule has 5 nitrogen and oxygen atoms in total. The summed E-state index contributed by atoms with van der Waals surface area (Å²) in [7, 11) is 0. The van der Waals surface area contributed by atoms with Crippen molar-refractivity contribution in [1.29, 1.82) is 0 Å². The van der Waals surface area contributed by atoms with Crippen LogP contribution in [-0.4, -0.2) is 16.9 Å². The van der Waals surface area contributed by atoms with Gasteiger partial charge in [0.25, 0.3) is 0 Å². The van der Waals surface area contributed by atoms with Gasteiger partial charge in [0.15, 0.2) is 0 Å². The molecular formula is C11H10Cl2N2O3. The van der Waals surface area contributed by atoms with E-state index in [4.69, 9.17) is 23.2 Å². The minimum absolute atomic E-state index is 0.153. The fourth-order valence-corrected chi connectivity index (χ4v) is 2.49. The number of hydrogen-bond donors (Lipinski definition) is 1. The van der Waals surface area contributed by atoms with Gasteiger partial charge < -0.3 is 5.32 Å². The van der Waals surface area contributed by atoms with Crippen LogP contribution in [0.3, 0.4) is 0 Å². The summed E-state index contributed by atoms with van der Waals surface area (Å²) in [5, 5.41) is 14.2. The molecule has 1 heterocycles. The Labute approximate surface area is 113 Å². The molecule has 2 rings (SSSR count). The molecule has 2 atom stereocenters. The lowest BCUT2D eigenvalue weighted by Crippen LogP contribution is -2.45. The van der Waals surface area contributed by atoms with E-state index in [-0.39, 0.29) is 28.7 Å². The lowest BCUT2D eigenvalue weighted by molar-refractivity contribution is -0.529. The van der Waals surface area contributed by atoms with E-state index in [9.17, 15) is 14.9 Å². The highest BCUT2D eigenvalue weighted by molar-refractivity contribution is 6.42. The SMILES string of the molecule is O=C1CC[C@@H]([N+](=O)[O-])[C@@H](c2cccc(Cl)c2Cl)N1. The number of benzene rings is 1. The lowest BCUT2D eigenvalue weighted by atomic mass is 9.92. The van der Waals surface area contributed by atoms with Crippen molar-refractivity contribution in [3.63, 3.8) is 0 Å². The van der Waals surface area contributed by atoms with Gasteiger partial charge in [-0.05, 0) is 6.07 Å². The topological polar surface area (TPSA) is 72.2 Å². The third kappa shape index (κ3) is 2.42. The molecule has 1 fully saturated rings. The number of piperidine rings is 1. The van der Waals surface area contributed by atoms with Gasteiger partial charge in [-0.1, -0.05) is 35.3 Å². The van der Waals surface area contributed by atoms with E-state index in [2.05, 4.69) is 5.32 Å². The molecule has 1 amide bonds. The highest BCUT2D eigenvalue weighted by Gasteiger charge is 2.39. The number of nitrogens with zero attached hydrogens (tertiary/aromatic N) is 1. The largest absolute Gasteiger partial charge is 0.343 e. The van der Waals surface area contributed by atoms with Gasteiger partial charge in [0.2, 0.25) is 11.9 Å². The number of amides is 1. The Morgan fingerprint density at radius 3 is 2.78 bits per heavy atom. The van der Waals surface area contributed by atoms with Gasteiger partial charge >= 0.3 is 0 Å². The molecule has 0 bridgehead atoms.